The predicted molar refractivity (Wildman–Crippen MR) is 106 cm³/mol. The van der Waals surface area contributed by atoms with E-state index in [1.165, 1.54) is 43.2 Å². The molecule has 0 unspecified atom stereocenters. The minimum Gasteiger partial charge on any atom is -0.356 e. The third-order valence-corrected chi connectivity index (χ3v) is 5.11. The van der Waals surface area contributed by atoms with Gasteiger partial charge in [0.15, 0.2) is 0 Å². The van der Waals surface area contributed by atoms with E-state index in [9.17, 15) is 4.79 Å². The molecule has 140 valence electrons. The maximum atomic E-state index is 11.0. The first-order valence-electron chi connectivity index (χ1n) is 9.90. The summed E-state index contributed by atoms with van der Waals surface area (Å²) in [5.74, 6) is 0.0576. The Kier molecular flexibility index (Phi) is 7.06. The van der Waals surface area contributed by atoms with Crippen LogP contribution in [0, 0.1) is 5.41 Å². The zero-order valence-corrected chi connectivity index (χ0v) is 16.6. The van der Waals surface area contributed by atoms with Crippen LogP contribution in [-0.2, 0) is 16.8 Å². The van der Waals surface area contributed by atoms with Gasteiger partial charge in [-0.2, -0.15) is 0 Å². The van der Waals surface area contributed by atoms with Crippen LogP contribution >= 0.6 is 0 Å². The van der Waals surface area contributed by atoms with Crippen molar-refractivity contribution in [1.82, 2.24) is 10.6 Å². The van der Waals surface area contributed by atoms with Crippen LogP contribution in [0.5, 0.6) is 0 Å². The minimum atomic E-state index is 0.0576. The molecule has 1 fully saturated rings. The van der Waals surface area contributed by atoms with Gasteiger partial charge >= 0.3 is 0 Å². The summed E-state index contributed by atoms with van der Waals surface area (Å²) in [6, 6.07) is 9.23. The minimum absolute atomic E-state index is 0.0576. The van der Waals surface area contributed by atoms with Crippen molar-refractivity contribution in [3.05, 3.63) is 35.4 Å². The summed E-state index contributed by atoms with van der Waals surface area (Å²) < 4.78 is 0. The van der Waals surface area contributed by atoms with Crippen LogP contribution in [0.1, 0.15) is 77.3 Å². The van der Waals surface area contributed by atoms with E-state index in [0.717, 1.165) is 25.9 Å². The fourth-order valence-electron chi connectivity index (χ4n) is 3.99. The Labute approximate surface area is 154 Å². The maximum Gasteiger partial charge on any atom is 0.216 e. The molecule has 1 aliphatic carbocycles. The van der Waals surface area contributed by atoms with Crippen molar-refractivity contribution in [2.24, 2.45) is 5.41 Å². The van der Waals surface area contributed by atoms with Crippen molar-refractivity contribution in [1.29, 1.82) is 0 Å². The molecule has 1 aliphatic rings. The van der Waals surface area contributed by atoms with Crippen LogP contribution in [0.15, 0.2) is 24.3 Å². The number of hydrogen-bond acceptors (Lipinski definition) is 2. The van der Waals surface area contributed by atoms with Gasteiger partial charge in [0.2, 0.25) is 5.91 Å². The summed E-state index contributed by atoms with van der Waals surface area (Å²) in [6.07, 6.45) is 8.45. The van der Waals surface area contributed by atoms with Crippen LogP contribution in [0.4, 0.5) is 0 Å². The highest BCUT2D eigenvalue weighted by Crippen LogP contribution is 2.38. The fraction of sp³-hybridized carbons (Fsp3) is 0.682. The van der Waals surface area contributed by atoms with Crippen LogP contribution in [0.3, 0.4) is 0 Å². The Morgan fingerprint density at radius 1 is 1.12 bits per heavy atom. The quantitative estimate of drug-likeness (QED) is 0.713. The SMILES string of the molecule is CC(=O)NCCCNC1(c2cccc(CC(C)(C)C)c2)CCCCC1. The van der Waals surface area contributed by atoms with Crippen molar-refractivity contribution in [2.45, 2.75) is 78.2 Å². The molecular formula is C22H36N2O. The maximum absolute atomic E-state index is 11.0. The van der Waals surface area contributed by atoms with Crippen molar-refractivity contribution in [3.8, 4) is 0 Å². The van der Waals surface area contributed by atoms with Gasteiger partial charge in [0.1, 0.15) is 0 Å². The topological polar surface area (TPSA) is 41.1 Å². The Bertz CT molecular complexity index is 553. The molecule has 1 aromatic carbocycles. The molecule has 0 spiro atoms. The van der Waals surface area contributed by atoms with E-state index in [1.807, 2.05) is 0 Å². The molecule has 0 heterocycles. The van der Waals surface area contributed by atoms with Crippen LogP contribution in [0.2, 0.25) is 0 Å². The molecule has 1 aromatic rings. The summed E-state index contributed by atoms with van der Waals surface area (Å²) in [7, 11) is 0. The largest absolute Gasteiger partial charge is 0.356 e. The van der Waals surface area contributed by atoms with Gasteiger partial charge in [-0.25, -0.2) is 0 Å². The molecule has 0 saturated heterocycles. The molecule has 25 heavy (non-hydrogen) atoms. The van der Waals surface area contributed by atoms with Gasteiger partial charge < -0.3 is 10.6 Å². The van der Waals surface area contributed by atoms with Gasteiger partial charge in [0.05, 0.1) is 0 Å². The molecule has 2 N–H and O–H groups in total. The molecule has 1 saturated carbocycles. The van der Waals surface area contributed by atoms with Crippen molar-refractivity contribution < 1.29 is 4.79 Å². The van der Waals surface area contributed by atoms with Gasteiger partial charge in [0.25, 0.3) is 0 Å². The average molecular weight is 345 g/mol. The summed E-state index contributed by atoms with van der Waals surface area (Å²) in [6.45, 7) is 10.2. The average Bonchev–Trinajstić information content (AvgIpc) is 2.54. The number of amides is 1. The van der Waals surface area contributed by atoms with Crippen molar-refractivity contribution in [3.63, 3.8) is 0 Å². The molecule has 0 atom stereocenters. The lowest BCUT2D eigenvalue weighted by Gasteiger charge is -2.39. The molecular weight excluding hydrogens is 308 g/mol. The highest BCUT2D eigenvalue weighted by atomic mass is 16.1. The lowest BCUT2D eigenvalue weighted by Crippen LogP contribution is -2.45. The zero-order chi connectivity index (χ0) is 18.3. The lowest BCUT2D eigenvalue weighted by atomic mass is 9.75. The molecule has 1 amide bonds. The third kappa shape index (κ3) is 6.47. The smallest absolute Gasteiger partial charge is 0.216 e. The van der Waals surface area contributed by atoms with E-state index in [-0.39, 0.29) is 11.4 Å². The number of benzene rings is 1. The lowest BCUT2D eigenvalue weighted by molar-refractivity contribution is -0.118. The first-order valence-corrected chi connectivity index (χ1v) is 9.90. The first kappa shape index (κ1) is 20.0. The number of nitrogens with one attached hydrogen (secondary N) is 2. The Morgan fingerprint density at radius 2 is 1.84 bits per heavy atom. The first-order chi connectivity index (χ1) is 11.8. The molecule has 3 nitrogen and oxygen atoms in total. The zero-order valence-electron chi connectivity index (χ0n) is 16.6. The predicted octanol–water partition coefficient (Wildman–Crippen LogP) is 4.55. The monoisotopic (exact) mass is 344 g/mol. The number of hydrogen-bond donors (Lipinski definition) is 2. The Hall–Kier alpha value is -1.35. The summed E-state index contributed by atoms with van der Waals surface area (Å²) in [5, 5.41) is 6.76. The van der Waals surface area contributed by atoms with Gasteiger partial charge in [-0.3, -0.25) is 4.79 Å². The normalized spacial score (nSPS) is 17.3. The second-order valence-corrected chi connectivity index (χ2v) is 8.84. The standard InChI is InChI=1S/C22H36N2O/c1-18(25)23-14-9-15-24-22(12-6-5-7-13-22)20-11-8-10-19(16-20)17-21(2,3)4/h8,10-11,16,24H,5-7,9,12-15,17H2,1-4H3,(H,23,25). The highest BCUT2D eigenvalue weighted by Gasteiger charge is 2.33. The molecule has 2 rings (SSSR count). The van der Waals surface area contributed by atoms with Gasteiger partial charge in [0, 0.05) is 19.0 Å². The van der Waals surface area contributed by atoms with Crippen molar-refractivity contribution in [2.75, 3.05) is 13.1 Å². The third-order valence-electron chi connectivity index (χ3n) is 5.11. The van der Waals surface area contributed by atoms with Crippen LogP contribution in [0.25, 0.3) is 0 Å². The van der Waals surface area contributed by atoms with E-state index < -0.39 is 0 Å². The summed E-state index contributed by atoms with van der Waals surface area (Å²) in [5.41, 5.74) is 3.32. The fourth-order valence-corrected chi connectivity index (χ4v) is 3.99. The van der Waals surface area contributed by atoms with E-state index >= 15 is 0 Å². The van der Waals surface area contributed by atoms with Gasteiger partial charge in [-0.05, 0) is 48.8 Å². The summed E-state index contributed by atoms with van der Waals surface area (Å²) >= 11 is 0. The van der Waals surface area contributed by atoms with E-state index in [0.29, 0.717) is 5.41 Å². The Morgan fingerprint density at radius 3 is 2.48 bits per heavy atom. The van der Waals surface area contributed by atoms with Crippen molar-refractivity contribution >= 4 is 5.91 Å². The second-order valence-electron chi connectivity index (χ2n) is 8.84. The van der Waals surface area contributed by atoms with E-state index in [2.05, 4.69) is 55.7 Å². The molecule has 0 radical (unpaired) electrons. The number of carbonyl (C=O) groups excluding carboxylic acids is 1. The second kappa shape index (κ2) is 8.84. The van der Waals surface area contributed by atoms with Gasteiger partial charge in [-0.15, -0.1) is 0 Å². The van der Waals surface area contributed by atoms with E-state index in [1.54, 1.807) is 6.92 Å². The number of carbonyl (C=O) groups is 1. The van der Waals surface area contributed by atoms with Gasteiger partial charge in [-0.1, -0.05) is 64.3 Å². The number of rotatable bonds is 7. The Balaban J connectivity index is 2.08. The van der Waals surface area contributed by atoms with Crippen LogP contribution in [-0.4, -0.2) is 19.0 Å². The molecule has 0 bridgehead atoms. The molecule has 0 aliphatic heterocycles. The van der Waals surface area contributed by atoms with Crippen LogP contribution < -0.4 is 10.6 Å². The van der Waals surface area contributed by atoms with E-state index in [4.69, 9.17) is 0 Å². The molecule has 3 heteroatoms. The molecule has 0 aromatic heterocycles. The summed E-state index contributed by atoms with van der Waals surface area (Å²) in [4.78, 5) is 11.0. The highest BCUT2D eigenvalue weighted by molar-refractivity contribution is 5.72.